The number of anilines is 1. The molecule has 0 fully saturated rings. The Kier molecular flexibility index (Phi) is 4.73. The molecule has 1 amide bonds. The molecule has 3 N–H and O–H groups in total. The Morgan fingerprint density at radius 2 is 1.88 bits per heavy atom. The SMILES string of the molecule is O=C(NC(=S)Nc1ccc(C(=O)O)c(Cl)c1)c1ccc2c(c1)OCO2. The summed E-state index contributed by atoms with van der Waals surface area (Å²) in [5.74, 6) is -0.493. The number of thiocarbonyl (C=S) groups is 1. The van der Waals surface area contributed by atoms with Crippen molar-refractivity contribution in [2.24, 2.45) is 0 Å². The molecule has 0 unspecified atom stereocenters. The molecular formula is C16H11ClN2O5S. The van der Waals surface area contributed by atoms with Crippen LogP contribution in [0.1, 0.15) is 20.7 Å². The van der Waals surface area contributed by atoms with E-state index in [0.717, 1.165) is 0 Å². The average molecular weight is 379 g/mol. The van der Waals surface area contributed by atoms with Gasteiger partial charge in [-0.2, -0.15) is 0 Å². The van der Waals surface area contributed by atoms with Crippen molar-refractivity contribution in [1.29, 1.82) is 0 Å². The van der Waals surface area contributed by atoms with E-state index in [1.54, 1.807) is 18.2 Å². The second-order valence-corrected chi connectivity index (χ2v) is 5.79. The number of carboxylic acids is 1. The van der Waals surface area contributed by atoms with Crippen molar-refractivity contribution in [1.82, 2.24) is 5.32 Å². The fraction of sp³-hybridized carbons (Fsp3) is 0.0625. The summed E-state index contributed by atoms with van der Waals surface area (Å²) in [5.41, 5.74) is 0.779. The van der Waals surface area contributed by atoms with Gasteiger partial charge in [0, 0.05) is 11.3 Å². The van der Waals surface area contributed by atoms with Crippen LogP contribution in [0.5, 0.6) is 11.5 Å². The zero-order valence-corrected chi connectivity index (χ0v) is 14.1. The molecule has 25 heavy (non-hydrogen) atoms. The molecule has 7 nitrogen and oxygen atoms in total. The molecule has 1 aliphatic heterocycles. The number of carboxylic acid groups (broad SMARTS) is 1. The number of rotatable bonds is 3. The number of carbonyl (C=O) groups excluding carboxylic acids is 1. The van der Waals surface area contributed by atoms with E-state index in [-0.39, 0.29) is 22.5 Å². The minimum Gasteiger partial charge on any atom is -0.478 e. The predicted octanol–water partition coefficient (Wildman–Crippen LogP) is 2.89. The van der Waals surface area contributed by atoms with Gasteiger partial charge in [-0.1, -0.05) is 11.6 Å². The molecule has 2 aromatic carbocycles. The molecule has 0 spiro atoms. The number of ether oxygens (including phenoxy) is 2. The first-order valence-electron chi connectivity index (χ1n) is 6.99. The molecule has 0 saturated heterocycles. The van der Waals surface area contributed by atoms with Gasteiger partial charge in [-0.05, 0) is 48.6 Å². The van der Waals surface area contributed by atoms with Crippen molar-refractivity contribution in [2.45, 2.75) is 0 Å². The van der Waals surface area contributed by atoms with Crippen LogP contribution in [0.15, 0.2) is 36.4 Å². The third-order valence-electron chi connectivity index (χ3n) is 3.32. The first-order chi connectivity index (χ1) is 11.9. The Bertz CT molecular complexity index is 887. The van der Waals surface area contributed by atoms with Gasteiger partial charge in [0.15, 0.2) is 16.6 Å². The lowest BCUT2D eigenvalue weighted by atomic mass is 10.2. The number of aromatic carboxylic acids is 1. The van der Waals surface area contributed by atoms with E-state index in [1.807, 2.05) is 0 Å². The molecule has 0 aliphatic carbocycles. The van der Waals surface area contributed by atoms with Gasteiger partial charge in [0.05, 0.1) is 10.6 Å². The first-order valence-corrected chi connectivity index (χ1v) is 7.77. The zero-order valence-electron chi connectivity index (χ0n) is 12.5. The summed E-state index contributed by atoms with van der Waals surface area (Å²) in [4.78, 5) is 23.1. The Balaban J connectivity index is 1.65. The van der Waals surface area contributed by atoms with E-state index >= 15 is 0 Å². The van der Waals surface area contributed by atoms with Crippen molar-refractivity contribution in [2.75, 3.05) is 12.1 Å². The maximum atomic E-state index is 12.2. The van der Waals surface area contributed by atoms with Gasteiger partial charge < -0.3 is 19.9 Å². The molecule has 128 valence electrons. The molecule has 2 aromatic rings. The van der Waals surface area contributed by atoms with E-state index in [2.05, 4.69) is 10.6 Å². The third kappa shape index (κ3) is 3.81. The van der Waals surface area contributed by atoms with Gasteiger partial charge in [0.2, 0.25) is 6.79 Å². The van der Waals surface area contributed by atoms with Gasteiger partial charge in [0.25, 0.3) is 5.91 Å². The molecule has 0 aromatic heterocycles. The molecule has 9 heteroatoms. The van der Waals surface area contributed by atoms with E-state index in [0.29, 0.717) is 22.7 Å². The Morgan fingerprint density at radius 3 is 2.60 bits per heavy atom. The van der Waals surface area contributed by atoms with Crippen LogP contribution in [0.25, 0.3) is 0 Å². The standard InChI is InChI=1S/C16H11ClN2O5S/c17-11-6-9(2-3-10(11)15(21)22)18-16(25)19-14(20)8-1-4-12-13(5-8)24-7-23-12/h1-6H,7H2,(H,21,22)(H2,18,19,20,25). The Labute approximate surface area is 152 Å². The lowest BCUT2D eigenvalue weighted by Gasteiger charge is -2.11. The monoisotopic (exact) mass is 378 g/mol. The topological polar surface area (TPSA) is 96.9 Å². The highest BCUT2D eigenvalue weighted by Gasteiger charge is 2.17. The highest BCUT2D eigenvalue weighted by atomic mass is 35.5. The summed E-state index contributed by atoms with van der Waals surface area (Å²) in [6, 6.07) is 9.02. The second-order valence-electron chi connectivity index (χ2n) is 4.98. The number of nitrogens with one attached hydrogen (secondary N) is 2. The van der Waals surface area contributed by atoms with E-state index < -0.39 is 11.9 Å². The molecule has 1 heterocycles. The maximum Gasteiger partial charge on any atom is 0.337 e. The number of halogens is 1. The summed E-state index contributed by atoms with van der Waals surface area (Å²) >= 11 is 11.0. The minimum atomic E-state index is -1.13. The van der Waals surface area contributed by atoms with Gasteiger partial charge in [-0.3, -0.25) is 10.1 Å². The van der Waals surface area contributed by atoms with Crippen molar-refractivity contribution in [3.63, 3.8) is 0 Å². The summed E-state index contributed by atoms with van der Waals surface area (Å²) in [7, 11) is 0. The van der Waals surface area contributed by atoms with Crippen LogP contribution in [0.4, 0.5) is 5.69 Å². The lowest BCUT2D eigenvalue weighted by molar-refractivity contribution is 0.0697. The first kappa shape index (κ1) is 17.0. The van der Waals surface area contributed by atoms with Gasteiger partial charge >= 0.3 is 5.97 Å². The summed E-state index contributed by atoms with van der Waals surface area (Å²) in [5, 5.41) is 14.3. The molecule has 0 radical (unpaired) electrons. The molecule has 0 bridgehead atoms. The average Bonchev–Trinajstić information content (AvgIpc) is 3.01. The van der Waals surface area contributed by atoms with Crippen molar-refractivity contribution in [3.8, 4) is 11.5 Å². The fourth-order valence-corrected chi connectivity index (χ4v) is 2.61. The molecule has 0 saturated carbocycles. The number of benzene rings is 2. The largest absolute Gasteiger partial charge is 0.478 e. The van der Waals surface area contributed by atoms with Gasteiger partial charge in [0.1, 0.15) is 0 Å². The second kappa shape index (κ2) is 6.96. The lowest BCUT2D eigenvalue weighted by Crippen LogP contribution is -2.34. The number of carbonyl (C=O) groups is 2. The Morgan fingerprint density at radius 1 is 1.12 bits per heavy atom. The van der Waals surface area contributed by atoms with Crippen LogP contribution in [0, 0.1) is 0 Å². The van der Waals surface area contributed by atoms with Crippen LogP contribution >= 0.6 is 23.8 Å². The van der Waals surface area contributed by atoms with Crippen LogP contribution in [0.3, 0.4) is 0 Å². The third-order valence-corrected chi connectivity index (χ3v) is 3.84. The minimum absolute atomic E-state index is 0.0254. The van der Waals surface area contributed by atoms with Crippen molar-refractivity contribution in [3.05, 3.63) is 52.5 Å². The normalized spacial score (nSPS) is 11.7. The summed E-state index contributed by atoms with van der Waals surface area (Å²) < 4.78 is 10.4. The smallest absolute Gasteiger partial charge is 0.337 e. The van der Waals surface area contributed by atoms with Crippen LogP contribution in [-0.4, -0.2) is 28.9 Å². The van der Waals surface area contributed by atoms with Crippen LogP contribution in [0.2, 0.25) is 5.02 Å². The predicted molar refractivity (Wildman–Crippen MR) is 94.7 cm³/mol. The maximum absolute atomic E-state index is 12.2. The number of fused-ring (bicyclic) bond motifs is 1. The zero-order chi connectivity index (χ0) is 18.0. The van der Waals surface area contributed by atoms with Crippen molar-refractivity contribution < 1.29 is 24.2 Å². The number of hydrogen-bond acceptors (Lipinski definition) is 5. The van der Waals surface area contributed by atoms with Crippen LogP contribution < -0.4 is 20.1 Å². The van der Waals surface area contributed by atoms with Crippen LogP contribution in [-0.2, 0) is 0 Å². The van der Waals surface area contributed by atoms with E-state index in [4.69, 9.17) is 38.4 Å². The number of hydrogen-bond donors (Lipinski definition) is 3. The van der Waals surface area contributed by atoms with E-state index in [9.17, 15) is 9.59 Å². The molecule has 1 aliphatic rings. The van der Waals surface area contributed by atoms with Gasteiger partial charge in [-0.15, -0.1) is 0 Å². The van der Waals surface area contributed by atoms with E-state index in [1.165, 1.54) is 18.2 Å². The fourth-order valence-electron chi connectivity index (χ4n) is 2.14. The summed E-state index contributed by atoms with van der Waals surface area (Å²) in [6.07, 6.45) is 0. The molecular weight excluding hydrogens is 368 g/mol. The number of amides is 1. The quantitative estimate of drug-likeness (QED) is 0.706. The molecule has 3 rings (SSSR count). The summed E-state index contributed by atoms with van der Waals surface area (Å²) in [6.45, 7) is 0.119. The highest BCUT2D eigenvalue weighted by Crippen LogP contribution is 2.32. The molecule has 0 atom stereocenters. The Hall–Kier alpha value is -2.84. The van der Waals surface area contributed by atoms with Crippen molar-refractivity contribution >= 4 is 46.5 Å². The van der Waals surface area contributed by atoms with Gasteiger partial charge in [-0.25, -0.2) is 4.79 Å². The highest BCUT2D eigenvalue weighted by molar-refractivity contribution is 7.80.